The molecule has 0 aliphatic carbocycles. The largest absolute Gasteiger partial charge is 0.495 e. The van der Waals surface area contributed by atoms with E-state index in [4.69, 9.17) is 4.74 Å². The van der Waals surface area contributed by atoms with Crippen molar-refractivity contribution in [2.45, 2.75) is 17.1 Å². The predicted octanol–water partition coefficient (Wildman–Crippen LogP) is 5.55. The van der Waals surface area contributed by atoms with Crippen LogP contribution < -0.4 is 10.3 Å². The molecule has 0 amide bonds. The molecule has 12 heteroatoms. The van der Waals surface area contributed by atoms with Crippen LogP contribution in [-0.2, 0) is 11.9 Å². The summed E-state index contributed by atoms with van der Waals surface area (Å²) in [5, 5.41) is 11.1. The molecule has 0 saturated heterocycles. The zero-order valence-corrected chi connectivity index (χ0v) is 19.7. The number of hydrogen-bond donors (Lipinski definition) is 1. The maximum absolute atomic E-state index is 13.0. The average molecular weight is 516 g/mol. The first kappa shape index (κ1) is 23.1. The van der Waals surface area contributed by atoms with Crippen molar-refractivity contribution in [3.05, 3.63) is 81.7 Å². The molecule has 0 unspecified atom stereocenters. The molecule has 0 saturated carbocycles. The molecule has 0 aliphatic rings. The number of rotatable bonds is 6. The van der Waals surface area contributed by atoms with E-state index in [2.05, 4.69) is 20.2 Å². The Kier molecular flexibility index (Phi) is 6.07. The van der Waals surface area contributed by atoms with Crippen LogP contribution in [0.1, 0.15) is 11.4 Å². The van der Waals surface area contributed by atoms with Gasteiger partial charge >= 0.3 is 6.18 Å². The molecule has 3 heterocycles. The van der Waals surface area contributed by atoms with Crippen LogP contribution in [0.3, 0.4) is 0 Å². The Morgan fingerprint density at radius 3 is 2.69 bits per heavy atom. The van der Waals surface area contributed by atoms with Crippen LogP contribution in [0.2, 0.25) is 0 Å². The van der Waals surface area contributed by atoms with E-state index >= 15 is 0 Å². The van der Waals surface area contributed by atoms with Gasteiger partial charge in [0.15, 0.2) is 11.0 Å². The standard InChI is InChI=1S/C23H16F3N5O2S2/c1-33-17-6-3-2-5-16(17)31-20(18-7-4-10-34-18)29-30-22(31)35-12-19-27-15-9-8-13(23(24,25)26)11-14(15)21(32)28-19/h2-11H,12H2,1H3,(H,27,28,32). The number of aromatic nitrogens is 5. The molecule has 0 aliphatic heterocycles. The van der Waals surface area contributed by atoms with E-state index in [1.807, 2.05) is 46.3 Å². The highest BCUT2D eigenvalue weighted by Gasteiger charge is 2.30. The number of fused-ring (bicyclic) bond motifs is 1. The van der Waals surface area contributed by atoms with Gasteiger partial charge in [0.05, 0.1) is 39.9 Å². The number of nitrogens with zero attached hydrogens (tertiary/aromatic N) is 4. The SMILES string of the molecule is COc1ccccc1-n1c(SCc2nc(=O)c3cc(C(F)(F)F)ccc3[nH]2)nnc1-c1cccs1. The first-order valence-corrected chi connectivity index (χ1v) is 12.1. The summed E-state index contributed by atoms with van der Waals surface area (Å²) in [6.45, 7) is 0. The van der Waals surface area contributed by atoms with E-state index in [-0.39, 0.29) is 16.7 Å². The molecule has 3 aromatic heterocycles. The molecule has 7 nitrogen and oxygen atoms in total. The monoisotopic (exact) mass is 515 g/mol. The Morgan fingerprint density at radius 2 is 1.94 bits per heavy atom. The van der Waals surface area contributed by atoms with Gasteiger partial charge in [0.1, 0.15) is 11.6 Å². The van der Waals surface area contributed by atoms with Gasteiger partial charge in [-0.3, -0.25) is 9.36 Å². The molecule has 1 N–H and O–H groups in total. The number of halogens is 3. The number of benzene rings is 2. The Morgan fingerprint density at radius 1 is 1.11 bits per heavy atom. The van der Waals surface area contributed by atoms with Crippen LogP contribution in [0, 0.1) is 0 Å². The van der Waals surface area contributed by atoms with Crippen LogP contribution in [0.4, 0.5) is 13.2 Å². The Bertz CT molecular complexity index is 1560. The summed E-state index contributed by atoms with van der Waals surface area (Å²) >= 11 is 2.80. The van der Waals surface area contributed by atoms with E-state index in [0.717, 1.165) is 22.7 Å². The topological polar surface area (TPSA) is 85.7 Å². The summed E-state index contributed by atoms with van der Waals surface area (Å²) in [6.07, 6.45) is -4.54. The lowest BCUT2D eigenvalue weighted by molar-refractivity contribution is -0.137. The van der Waals surface area contributed by atoms with E-state index in [1.165, 1.54) is 29.2 Å². The van der Waals surface area contributed by atoms with Crippen molar-refractivity contribution in [3.63, 3.8) is 0 Å². The molecule has 35 heavy (non-hydrogen) atoms. The quantitative estimate of drug-likeness (QED) is 0.299. The summed E-state index contributed by atoms with van der Waals surface area (Å²) in [5.41, 5.74) is -0.610. The van der Waals surface area contributed by atoms with Gasteiger partial charge < -0.3 is 9.72 Å². The molecule has 0 fully saturated rings. The van der Waals surface area contributed by atoms with Gasteiger partial charge in [-0.1, -0.05) is 30.0 Å². The highest BCUT2D eigenvalue weighted by atomic mass is 32.2. The van der Waals surface area contributed by atoms with Crippen molar-refractivity contribution >= 4 is 34.0 Å². The summed E-state index contributed by atoms with van der Waals surface area (Å²) in [6, 6.07) is 14.3. The van der Waals surface area contributed by atoms with Crippen LogP contribution in [0.5, 0.6) is 5.75 Å². The number of thiophene rings is 1. The third-order valence-corrected chi connectivity index (χ3v) is 6.94. The molecule has 0 radical (unpaired) electrons. The number of methoxy groups -OCH3 is 1. The van der Waals surface area contributed by atoms with Crippen molar-refractivity contribution in [2.75, 3.05) is 7.11 Å². The maximum Gasteiger partial charge on any atom is 0.416 e. The minimum atomic E-state index is -4.54. The van der Waals surface area contributed by atoms with Gasteiger partial charge in [0.25, 0.3) is 5.56 Å². The Labute approximate surface area is 204 Å². The number of alkyl halides is 3. The van der Waals surface area contributed by atoms with Crippen LogP contribution in [0.25, 0.3) is 27.3 Å². The van der Waals surface area contributed by atoms with Gasteiger partial charge in [-0.25, -0.2) is 0 Å². The summed E-state index contributed by atoms with van der Waals surface area (Å²) in [7, 11) is 1.58. The molecular formula is C23H16F3N5O2S2. The summed E-state index contributed by atoms with van der Waals surface area (Å²) in [5.74, 6) is 1.78. The number of H-pyrrole nitrogens is 1. The number of ether oxygens (including phenoxy) is 1. The smallest absolute Gasteiger partial charge is 0.416 e. The van der Waals surface area contributed by atoms with Crippen molar-refractivity contribution in [1.82, 2.24) is 24.7 Å². The zero-order valence-electron chi connectivity index (χ0n) is 18.0. The maximum atomic E-state index is 13.0. The van der Waals surface area contributed by atoms with Crippen molar-refractivity contribution in [1.29, 1.82) is 0 Å². The van der Waals surface area contributed by atoms with Crippen molar-refractivity contribution in [3.8, 4) is 22.1 Å². The fraction of sp³-hybridized carbons (Fsp3) is 0.130. The third-order valence-electron chi connectivity index (χ3n) is 5.13. The number of nitrogens with one attached hydrogen (secondary N) is 1. The number of hydrogen-bond acceptors (Lipinski definition) is 7. The fourth-order valence-electron chi connectivity index (χ4n) is 3.53. The lowest BCUT2D eigenvalue weighted by Crippen LogP contribution is -2.13. The van der Waals surface area contributed by atoms with E-state index in [0.29, 0.717) is 22.6 Å². The average Bonchev–Trinajstić information content (AvgIpc) is 3.52. The lowest BCUT2D eigenvalue weighted by Gasteiger charge is -2.13. The zero-order chi connectivity index (χ0) is 24.6. The molecule has 5 aromatic rings. The highest BCUT2D eigenvalue weighted by Crippen LogP contribution is 2.35. The van der Waals surface area contributed by atoms with Crippen LogP contribution in [-0.4, -0.2) is 31.8 Å². The fourth-order valence-corrected chi connectivity index (χ4v) is 5.05. The van der Waals surface area contributed by atoms with Gasteiger partial charge in [-0.2, -0.15) is 18.2 Å². The highest BCUT2D eigenvalue weighted by molar-refractivity contribution is 7.98. The van der Waals surface area contributed by atoms with Gasteiger partial charge in [-0.05, 0) is 41.8 Å². The lowest BCUT2D eigenvalue weighted by atomic mass is 10.1. The first-order valence-electron chi connectivity index (χ1n) is 10.2. The summed E-state index contributed by atoms with van der Waals surface area (Å²) in [4.78, 5) is 20.3. The number of aromatic amines is 1. The Balaban J connectivity index is 1.51. The van der Waals surface area contributed by atoms with Crippen LogP contribution in [0.15, 0.2) is 69.9 Å². The first-order chi connectivity index (χ1) is 16.8. The van der Waals surface area contributed by atoms with E-state index < -0.39 is 17.3 Å². The van der Waals surface area contributed by atoms with Gasteiger partial charge in [0.2, 0.25) is 0 Å². The molecule has 2 aromatic carbocycles. The van der Waals surface area contributed by atoms with Crippen molar-refractivity contribution in [2.24, 2.45) is 0 Å². The summed E-state index contributed by atoms with van der Waals surface area (Å²) < 4.78 is 46.4. The molecule has 178 valence electrons. The molecule has 0 bridgehead atoms. The predicted molar refractivity (Wildman–Crippen MR) is 128 cm³/mol. The van der Waals surface area contributed by atoms with Gasteiger partial charge in [-0.15, -0.1) is 21.5 Å². The normalized spacial score (nSPS) is 11.8. The minimum Gasteiger partial charge on any atom is -0.495 e. The van der Waals surface area contributed by atoms with Crippen molar-refractivity contribution < 1.29 is 17.9 Å². The second-order valence-electron chi connectivity index (χ2n) is 7.33. The van der Waals surface area contributed by atoms with E-state index in [9.17, 15) is 18.0 Å². The molecule has 0 atom stereocenters. The second-order valence-corrected chi connectivity index (χ2v) is 9.22. The molecule has 0 spiro atoms. The molecular weight excluding hydrogens is 499 g/mol. The minimum absolute atomic E-state index is 0.120. The third kappa shape index (κ3) is 4.54. The number of para-hydroxylation sites is 2. The van der Waals surface area contributed by atoms with E-state index in [1.54, 1.807) is 7.11 Å². The number of thioether (sulfide) groups is 1. The molecule has 5 rings (SSSR count). The Hall–Kier alpha value is -3.64. The second kappa shape index (κ2) is 9.19. The van der Waals surface area contributed by atoms with Gasteiger partial charge in [0, 0.05) is 0 Å². The van der Waals surface area contributed by atoms with Crippen LogP contribution >= 0.6 is 23.1 Å².